The first kappa shape index (κ1) is 20.3. The third-order valence-electron chi connectivity index (χ3n) is 2.69. The van der Waals surface area contributed by atoms with Gasteiger partial charge in [0.2, 0.25) is 0 Å². The second kappa shape index (κ2) is 11.9. The highest BCUT2D eigenvalue weighted by Gasteiger charge is 2.11. The molecule has 122 valence electrons. The van der Waals surface area contributed by atoms with Crippen LogP contribution in [0.25, 0.3) is 0 Å². The van der Waals surface area contributed by atoms with Crippen LogP contribution in [0.15, 0.2) is 12.1 Å². The number of hydrogen-bond acceptors (Lipinski definition) is 4. The fourth-order valence-corrected chi connectivity index (χ4v) is 2.13. The van der Waals surface area contributed by atoms with Crippen LogP contribution in [0.3, 0.4) is 0 Å². The van der Waals surface area contributed by atoms with Crippen molar-refractivity contribution in [2.45, 2.75) is 26.8 Å². The monoisotopic (exact) mass is 337 g/mol. The normalized spacial score (nSPS) is 10.1. The lowest BCUT2D eigenvalue weighted by Gasteiger charge is -2.14. The van der Waals surface area contributed by atoms with Gasteiger partial charge in [0.05, 0.1) is 18.2 Å². The van der Waals surface area contributed by atoms with Gasteiger partial charge < -0.3 is 19.5 Å². The summed E-state index contributed by atoms with van der Waals surface area (Å²) < 4.78 is 16.1. The SMILES string of the molecule is CCOc1cc(CNCCCOC)cc(Cl)c1OCC.Cl. The van der Waals surface area contributed by atoms with Crippen LogP contribution in [-0.2, 0) is 11.3 Å². The van der Waals surface area contributed by atoms with E-state index in [2.05, 4.69) is 5.32 Å². The Hall–Kier alpha value is -0.680. The molecule has 0 amide bonds. The molecule has 1 N–H and O–H groups in total. The zero-order chi connectivity index (χ0) is 14.8. The van der Waals surface area contributed by atoms with Gasteiger partial charge in [0, 0.05) is 20.3 Å². The standard InChI is InChI=1S/C15H24ClNO3.ClH/c1-4-19-14-10-12(11-17-7-6-8-18-3)9-13(16)15(14)20-5-2;/h9-10,17H,4-8,11H2,1-3H3;1H. The third kappa shape index (κ3) is 7.23. The summed E-state index contributed by atoms with van der Waals surface area (Å²) in [6.07, 6.45) is 0.986. The summed E-state index contributed by atoms with van der Waals surface area (Å²) in [5.74, 6) is 1.33. The molecule has 0 saturated carbocycles. The summed E-state index contributed by atoms with van der Waals surface area (Å²) in [7, 11) is 1.71. The van der Waals surface area contributed by atoms with Crippen LogP contribution in [0, 0.1) is 0 Å². The quantitative estimate of drug-likeness (QED) is 0.661. The average Bonchev–Trinajstić information content (AvgIpc) is 2.43. The van der Waals surface area contributed by atoms with Gasteiger partial charge in [-0.25, -0.2) is 0 Å². The maximum Gasteiger partial charge on any atom is 0.179 e. The molecule has 1 aromatic carbocycles. The molecule has 0 aliphatic heterocycles. The molecule has 0 unspecified atom stereocenters. The molecule has 0 atom stereocenters. The molecule has 0 saturated heterocycles. The predicted octanol–water partition coefficient (Wildman–Crippen LogP) is 3.69. The lowest BCUT2D eigenvalue weighted by Crippen LogP contribution is -2.16. The van der Waals surface area contributed by atoms with E-state index >= 15 is 0 Å². The topological polar surface area (TPSA) is 39.7 Å². The first-order valence-electron chi connectivity index (χ1n) is 7.00. The molecule has 21 heavy (non-hydrogen) atoms. The van der Waals surface area contributed by atoms with Crippen molar-refractivity contribution in [1.29, 1.82) is 0 Å². The maximum absolute atomic E-state index is 6.26. The second-order valence-corrected chi connectivity index (χ2v) is 4.70. The summed E-state index contributed by atoms with van der Waals surface area (Å²) in [5.41, 5.74) is 1.08. The van der Waals surface area contributed by atoms with Crippen molar-refractivity contribution in [3.8, 4) is 11.5 Å². The van der Waals surface area contributed by atoms with Gasteiger partial charge in [0.1, 0.15) is 0 Å². The molecule has 0 aromatic heterocycles. The van der Waals surface area contributed by atoms with E-state index in [0.717, 1.165) is 31.7 Å². The van der Waals surface area contributed by atoms with E-state index in [9.17, 15) is 0 Å². The Labute approximate surface area is 138 Å². The van der Waals surface area contributed by atoms with Gasteiger partial charge in [-0.1, -0.05) is 11.6 Å². The van der Waals surface area contributed by atoms with Crippen molar-refractivity contribution in [2.24, 2.45) is 0 Å². The first-order chi connectivity index (χ1) is 9.72. The number of ether oxygens (including phenoxy) is 3. The molecular formula is C15H25Cl2NO3. The van der Waals surface area contributed by atoms with Gasteiger partial charge in [-0.05, 0) is 44.5 Å². The highest BCUT2D eigenvalue weighted by Crippen LogP contribution is 2.36. The van der Waals surface area contributed by atoms with Crippen molar-refractivity contribution >= 4 is 24.0 Å². The Kier molecular flexibility index (Phi) is 11.5. The van der Waals surface area contributed by atoms with Crippen LogP contribution in [0.1, 0.15) is 25.8 Å². The minimum atomic E-state index is 0. The number of halogens is 2. The van der Waals surface area contributed by atoms with E-state index in [1.54, 1.807) is 7.11 Å². The number of benzene rings is 1. The van der Waals surface area contributed by atoms with Crippen molar-refractivity contribution < 1.29 is 14.2 Å². The highest BCUT2D eigenvalue weighted by atomic mass is 35.5. The molecule has 0 spiro atoms. The summed E-state index contributed by atoms with van der Waals surface area (Å²) in [6, 6.07) is 3.89. The number of hydrogen-bond donors (Lipinski definition) is 1. The van der Waals surface area contributed by atoms with Crippen molar-refractivity contribution in [3.63, 3.8) is 0 Å². The molecule has 0 aliphatic rings. The van der Waals surface area contributed by atoms with Crippen LogP contribution in [0.5, 0.6) is 11.5 Å². The molecule has 0 heterocycles. The summed E-state index contributed by atoms with van der Waals surface area (Å²) in [5, 5.41) is 3.94. The van der Waals surface area contributed by atoms with Gasteiger partial charge in [0.25, 0.3) is 0 Å². The lowest BCUT2D eigenvalue weighted by molar-refractivity contribution is 0.194. The Bertz CT molecular complexity index is 403. The summed E-state index contributed by atoms with van der Waals surface area (Å²) in [4.78, 5) is 0. The number of nitrogens with one attached hydrogen (secondary N) is 1. The lowest BCUT2D eigenvalue weighted by atomic mass is 10.2. The highest BCUT2D eigenvalue weighted by molar-refractivity contribution is 6.32. The van der Waals surface area contributed by atoms with E-state index in [1.165, 1.54) is 0 Å². The van der Waals surface area contributed by atoms with Gasteiger partial charge in [-0.3, -0.25) is 0 Å². The second-order valence-electron chi connectivity index (χ2n) is 4.29. The molecule has 4 nitrogen and oxygen atoms in total. The molecule has 0 radical (unpaired) electrons. The van der Waals surface area contributed by atoms with Gasteiger partial charge >= 0.3 is 0 Å². The molecule has 0 aliphatic carbocycles. The van der Waals surface area contributed by atoms with Crippen molar-refractivity contribution in [1.82, 2.24) is 5.32 Å². The van der Waals surface area contributed by atoms with Crippen LogP contribution in [0.2, 0.25) is 5.02 Å². The van der Waals surface area contributed by atoms with E-state index in [4.69, 9.17) is 25.8 Å². The Balaban J connectivity index is 0.00000400. The Morgan fingerprint density at radius 1 is 1.14 bits per heavy atom. The van der Waals surface area contributed by atoms with Gasteiger partial charge in [-0.15, -0.1) is 12.4 Å². The largest absolute Gasteiger partial charge is 0.490 e. The van der Waals surface area contributed by atoms with Crippen LogP contribution in [-0.4, -0.2) is 33.5 Å². The Morgan fingerprint density at radius 2 is 1.86 bits per heavy atom. The fourth-order valence-electron chi connectivity index (χ4n) is 1.85. The van der Waals surface area contributed by atoms with E-state index < -0.39 is 0 Å². The van der Waals surface area contributed by atoms with Gasteiger partial charge in [-0.2, -0.15) is 0 Å². The van der Waals surface area contributed by atoms with Crippen molar-refractivity contribution in [3.05, 3.63) is 22.7 Å². The van der Waals surface area contributed by atoms with Crippen molar-refractivity contribution in [2.75, 3.05) is 33.5 Å². The van der Waals surface area contributed by atoms with Crippen LogP contribution in [0.4, 0.5) is 0 Å². The summed E-state index contributed by atoms with van der Waals surface area (Å²) in [6.45, 7) is 7.44. The maximum atomic E-state index is 6.26. The minimum absolute atomic E-state index is 0. The van der Waals surface area contributed by atoms with Gasteiger partial charge in [0.15, 0.2) is 11.5 Å². The minimum Gasteiger partial charge on any atom is -0.490 e. The molecule has 6 heteroatoms. The van der Waals surface area contributed by atoms with E-state index in [1.807, 2.05) is 26.0 Å². The number of rotatable bonds is 10. The Morgan fingerprint density at radius 3 is 2.48 bits per heavy atom. The smallest absolute Gasteiger partial charge is 0.179 e. The number of methoxy groups -OCH3 is 1. The molecule has 0 bridgehead atoms. The average molecular weight is 338 g/mol. The first-order valence-corrected chi connectivity index (χ1v) is 7.38. The summed E-state index contributed by atoms with van der Waals surface area (Å²) >= 11 is 6.26. The fraction of sp³-hybridized carbons (Fsp3) is 0.600. The molecular weight excluding hydrogens is 313 g/mol. The predicted molar refractivity (Wildman–Crippen MR) is 89.2 cm³/mol. The molecule has 1 rings (SSSR count). The third-order valence-corrected chi connectivity index (χ3v) is 2.97. The zero-order valence-electron chi connectivity index (χ0n) is 12.9. The van der Waals surface area contributed by atoms with E-state index in [0.29, 0.717) is 29.7 Å². The molecule has 0 fully saturated rings. The molecule has 1 aromatic rings. The zero-order valence-corrected chi connectivity index (χ0v) is 14.5. The van der Waals surface area contributed by atoms with Crippen LogP contribution < -0.4 is 14.8 Å². The van der Waals surface area contributed by atoms with Crippen LogP contribution >= 0.6 is 24.0 Å². The van der Waals surface area contributed by atoms with E-state index in [-0.39, 0.29) is 12.4 Å².